The predicted molar refractivity (Wildman–Crippen MR) is 72.1 cm³/mol. The molecule has 0 radical (unpaired) electrons. The molecule has 3 rings (SSSR count). The van der Waals surface area contributed by atoms with Crippen molar-refractivity contribution in [3.8, 4) is 0 Å². The first-order chi connectivity index (χ1) is 9.20. The van der Waals surface area contributed by atoms with E-state index in [-0.39, 0.29) is 11.7 Å². The van der Waals surface area contributed by atoms with Gasteiger partial charge in [-0.3, -0.25) is 0 Å². The summed E-state index contributed by atoms with van der Waals surface area (Å²) in [6, 6.07) is 4.00. The van der Waals surface area contributed by atoms with E-state index in [1.807, 2.05) is 19.1 Å². The third kappa shape index (κ3) is 2.44. The first kappa shape index (κ1) is 12.8. The van der Waals surface area contributed by atoms with E-state index in [1.54, 1.807) is 0 Å². The van der Waals surface area contributed by atoms with Gasteiger partial charge in [0, 0.05) is 19.7 Å². The lowest BCUT2D eigenvalue weighted by atomic mass is 9.82. The highest BCUT2D eigenvalue weighted by Gasteiger charge is 2.43. The van der Waals surface area contributed by atoms with Crippen LogP contribution in [0.3, 0.4) is 0 Å². The summed E-state index contributed by atoms with van der Waals surface area (Å²) in [6.07, 6.45) is 3.25. The summed E-state index contributed by atoms with van der Waals surface area (Å²) >= 11 is 0. The van der Waals surface area contributed by atoms with Crippen LogP contribution < -0.4 is 4.90 Å². The molecule has 5 nitrogen and oxygen atoms in total. The largest absolute Gasteiger partial charge is 0.390 e. The van der Waals surface area contributed by atoms with Crippen molar-refractivity contribution in [2.45, 2.75) is 44.3 Å². The Hall–Kier alpha value is -1.20. The fraction of sp³-hybridized carbons (Fsp3) is 0.714. The molecule has 0 aromatic carbocycles. The summed E-state index contributed by atoms with van der Waals surface area (Å²) < 4.78 is 5.91. The average molecular weight is 263 g/mol. The molecule has 1 aromatic rings. The lowest BCUT2D eigenvalue weighted by Gasteiger charge is -2.46. The van der Waals surface area contributed by atoms with E-state index >= 15 is 0 Å². The highest BCUT2D eigenvalue weighted by Crippen LogP contribution is 2.36. The van der Waals surface area contributed by atoms with Crippen molar-refractivity contribution < 1.29 is 9.84 Å². The summed E-state index contributed by atoms with van der Waals surface area (Å²) in [5.74, 6) is 0.922. The minimum atomic E-state index is -0.313. The minimum absolute atomic E-state index is 0.312. The number of aliphatic hydroxyl groups excluding tert-OH is 1. The van der Waals surface area contributed by atoms with Gasteiger partial charge in [-0.05, 0) is 44.7 Å². The van der Waals surface area contributed by atoms with E-state index in [2.05, 4.69) is 15.1 Å². The number of piperidine rings is 1. The van der Waals surface area contributed by atoms with Crippen molar-refractivity contribution >= 4 is 5.82 Å². The molecule has 0 amide bonds. The Morgan fingerprint density at radius 1 is 1.32 bits per heavy atom. The van der Waals surface area contributed by atoms with Crippen LogP contribution in [-0.2, 0) is 4.74 Å². The topological polar surface area (TPSA) is 58.5 Å². The van der Waals surface area contributed by atoms with Crippen LogP contribution in [0, 0.1) is 6.92 Å². The second-order valence-electron chi connectivity index (χ2n) is 5.59. The standard InChI is InChI=1S/C14H21N3O2/c1-11-4-5-13(16-15-11)17-8-6-14(7-9-17)12(18)3-2-10-19-14/h4-5,12,18H,2-3,6-10H2,1H3/t12-/m1/s1. The molecule has 2 aliphatic heterocycles. The molecule has 3 heterocycles. The molecule has 1 N–H and O–H groups in total. The van der Waals surface area contributed by atoms with Crippen molar-refractivity contribution in [2.75, 3.05) is 24.6 Å². The summed E-state index contributed by atoms with van der Waals surface area (Å²) in [7, 11) is 0. The first-order valence-corrected chi connectivity index (χ1v) is 7.07. The lowest BCUT2D eigenvalue weighted by molar-refractivity contribution is -0.164. The Morgan fingerprint density at radius 2 is 2.11 bits per heavy atom. The summed E-state index contributed by atoms with van der Waals surface area (Å²) in [6.45, 7) is 4.46. The van der Waals surface area contributed by atoms with Crippen molar-refractivity contribution in [3.05, 3.63) is 17.8 Å². The van der Waals surface area contributed by atoms with Gasteiger partial charge in [0.1, 0.15) is 0 Å². The highest BCUT2D eigenvalue weighted by molar-refractivity contribution is 5.38. The van der Waals surface area contributed by atoms with Crippen molar-refractivity contribution in [3.63, 3.8) is 0 Å². The molecule has 0 saturated carbocycles. The van der Waals surface area contributed by atoms with E-state index in [1.165, 1.54) is 0 Å². The Morgan fingerprint density at radius 3 is 2.74 bits per heavy atom. The van der Waals surface area contributed by atoms with Gasteiger partial charge in [-0.25, -0.2) is 0 Å². The van der Waals surface area contributed by atoms with Gasteiger partial charge in [0.25, 0.3) is 0 Å². The van der Waals surface area contributed by atoms with Gasteiger partial charge in [-0.1, -0.05) is 0 Å². The molecule has 5 heteroatoms. The number of aliphatic hydroxyl groups is 1. The third-order valence-electron chi connectivity index (χ3n) is 4.34. The number of nitrogens with zero attached hydrogens (tertiary/aromatic N) is 3. The molecule has 1 aromatic heterocycles. The number of aryl methyl sites for hydroxylation is 1. The first-order valence-electron chi connectivity index (χ1n) is 7.07. The molecule has 1 atom stereocenters. The fourth-order valence-corrected chi connectivity index (χ4v) is 3.06. The van der Waals surface area contributed by atoms with E-state index in [0.717, 1.165) is 56.9 Å². The zero-order chi connectivity index (χ0) is 13.3. The second kappa shape index (κ2) is 5.06. The van der Waals surface area contributed by atoms with Crippen LogP contribution in [0.5, 0.6) is 0 Å². The maximum absolute atomic E-state index is 10.2. The molecule has 2 saturated heterocycles. The van der Waals surface area contributed by atoms with Gasteiger partial charge < -0.3 is 14.7 Å². The molecule has 0 aliphatic carbocycles. The third-order valence-corrected chi connectivity index (χ3v) is 4.34. The normalized spacial score (nSPS) is 26.6. The molecule has 2 aliphatic rings. The molecule has 0 bridgehead atoms. The zero-order valence-electron chi connectivity index (χ0n) is 11.4. The van der Waals surface area contributed by atoms with Gasteiger partial charge in [0.2, 0.25) is 0 Å². The second-order valence-corrected chi connectivity index (χ2v) is 5.59. The van der Waals surface area contributed by atoms with E-state index in [4.69, 9.17) is 4.74 Å². The van der Waals surface area contributed by atoms with Crippen LogP contribution >= 0.6 is 0 Å². The zero-order valence-corrected chi connectivity index (χ0v) is 11.4. The highest BCUT2D eigenvalue weighted by atomic mass is 16.5. The van der Waals surface area contributed by atoms with Crippen molar-refractivity contribution in [2.24, 2.45) is 0 Å². The molecular weight excluding hydrogens is 242 g/mol. The van der Waals surface area contributed by atoms with E-state index in [9.17, 15) is 5.11 Å². The quantitative estimate of drug-likeness (QED) is 0.827. The summed E-state index contributed by atoms with van der Waals surface area (Å²) in [5, 5.41) is 18.5. The lowest BCUT2D eigenvalue weighted by Crippen LogP contribution is -2.55. The Labute approximate surface area is 113 Å². The van der Waals surface area contributed by atoms with E-state index < -0.39 is 0 Å². The molecule has 1 spiro atoms. The van der Waals surface area contributed by atoms with E-state index in [0.29, 0.717) is 0 Å². The number of hydrogen-bond acceptors (Lipinski definition) is 5. The Kier molecular flexibility index (Phi) is 3.41. The fourth-order valence-electron chi connectivity index (χ4n) is 3.06. The van der Waals surface area contributed by atoms with Crippen LogP contribution in [0.15, 0.2) is 12.1 Å². The van der Waals surface area contributed by atoms with Gasteiger partial charge in [-0.15, -0.1) is 5.10 Å². The van der Waals surface area contributed by atoms with Crippen LogP contribution in [0.4, 0.5) is 5.82 Å². The molecule has 104 valence electrons. The molecular formula is C14H21N3O2. The maximum Gasteiger partial charge on any atom is 0.151 e. The van der Waals surface area contributed by atoms with Crippen LogP contribution in [0.1, 0.15) is 31.4 Å². The number of ether oxygens (including phenoxy) is 1. The minimum Gasteiger partial charge on any atom is -0.390 e. The van der Waals surface area contributed by atoms with Crippen molar-refractivity contribution in [1.82, 2.24) is 10.2 Å². The number of anilines is 1. The smallest absolute Gasteiger partial charge is 0.151 e. The van der Waals surface area contributed by atoms with Crippen LogP contribution in [0.25, 0.3) is 0 Å². The Balaban J connectivity index is 1.67. The van der Waals surface area contributed by atoms with Crippen LogP contribution in [-0.4, -0.2) is 46.7 Å². The molecule has 0 unspecified atom stereocenters. The van der Waals surface area contributed by atoms with Gasteiger partial charge >= 0.3 is 0 Å². The van der Waals surface area contributed by atoms with Gasteiger partial charge in [0.05, 0.1) is 17.4 Å². The Bertz CT molecular complexity index is 427. The monoisotopic (exact) mass is 263 g/mol. The number of hydrogen-bond donors (Lipinski definition) is 1. The average Bonchev–Trinajstić information content (AvgIpc) is 2.44. The molecule has 19 heavy (non-hydrogen) atoms. The number of aromatic nitrogens is 2. The van der Waals surface area contributed by atoms with Crippen LogP contribution in [0.2, 0.25) is 0 Å². The maximum atomic E-state index is 10.2. The summed E-state index contributed by atoms with van der Waals surface area (Å²) in [5.41, 5.74) is 0.621. The SMILES string of the molecule is Cc1ccc(N2CCC3(CC2)OCCC[C@H]3O)nn1. The van der Waals surface area contributed by atoms with Gasteiger partial charge in [-0.2, -0.15) is 5.10 Å². The number of rotatable bonds is 1. The van der Waals surface area contributed by atoms with Gasteiger partial charge in [0.15, 0.2) is 5.82 Å². The predicted octanol–water partition coefficient (Wildman–Crippen LogP) is 1.30. The molecule has 2 fully saturated rings. The van der Waals surface area contributed by atoms with Crippen molar-refractivity contribution in [1.29, 1.82) is 0 Å². The summed E-state index contributed by atoms with van der Waals surface area (Å²) in [4.78, 5) is 2.22.